The molecule has 1 aromatic heterocycles. The smallest absolute Gasteiger partial charge is 0.0682 e. The predicted octanol–water partition coefficient (Wildman–Crippen LogP) is 5.59. The van der Waals surface area contributed by atoms with Crippen LogP contribution in [0.5, 0.6) is 0 Å². The summed E-state index contributed by atoms with van der Waals surface area (Å²) in [6.45, 7) is 7.35. The van der Waals surface area contributed by atoms with E-state index < -0.39 is 0 Å². The van der Waals surface area contributed by atoms with Gasteiger partial charge in [0, 0.05) is 18.7 Å². The number of rotatable bonds is 4. The Morgan fingerprint density at radius 2 is 1.89 bits per heavy atom. The lowest BCUT2D eigenvalue weighted by atomic mass is 10.0. The number of halogens is 2. The molecule has 0 saturated heterocycles. The van der Waals surface area contributed by atoms with Gasteiger partial charge in [-0.15, -0.1) is 11.3 Å². The zero-order valence-electron chi connectivity index (χ0n) is 11.3. The van der Waals surface area contributed by atoms with Crippen molar-refractivity contribution in [2.24, 2.45) is 0 Å². The molecule has 0 fully saturated rings. The third-order valence-electron chi connectivity index (χ3n) is 3.04. The van der Waals surface area contributed by atoms with E-state index in [1.54, 1.807) is 0 Å². The third kappa shape index (κ3) is 3.48. The monoisotopic (exact) mass is 401 g/mol. The second-order valence-electron chi connectivity index (χ2n) is 4.57. The Labute approximate surface area is 135 Å². The third-order valence-corrected chi connectivity index (χ3v) is 5.92. The quantitative estimate of drug-likeness (QED) is 0.702. The summed E-state index contributed by atoms with van der Waals surface area (Å²) in [7, 11) is 0. The molecular formula is C15H17Br2NS. The number of thiophene rings is 1. The second-order valence-corrected chi connectivity index (χ2v) is 7.57. The van der Waals surface area contributed by atoms with Crippen molar-refractivity contribution in [3.8, 4) is 0 Å². The van der Waals surface area contributed by atoms with Gasteiger partial charge in [-0.25, -0.2) is 0 Å². The predicted molar refractivity (Wildman–Crippen MR) is 91.2 cm³/mol. The molecule has 2 rings (SSSR count). The zero-order chi connectivity index (χ0) is 14.0. The van der Waals surface area contributed by atoms with Gasteiger partial charge in [0.2, 0.25) is 0 Å². The van der Waals surface area contributed by atoms with Crippen molar-refractivity contribution in [2.75, 3.05) is 6.54 Å². The van der Waals surface area contributed by atoms with Gasteiger partial charge in [0.25, 0.3) is 0 Å². The molecule has 1 unspecified atom stereocenters. The van der Waals surface area contributed by atoms with Gasteiger partial charge in [0.05, 0.1) is 6.04 Å². The van der Waals surface area contributed by atoms with Gasteiger partial charge in [-0.05, 0) is 59.6 Å². The molecule has 1 heterocycles. The Morgan fingerprint density at radius 1 is 1.16 bits per heavy atom. The van der Waals surface area contributed by atoms with E-state index in [4.69, 9.17) is 0 Å². The topological polar surface area (TPSA) is 12.0 Å². The molecule has 0 aliphatic heterocycles. The summed E-state index contributed by atoms with van der Waals surface area (Å²) < 4.78 is 2.36. The lowest BCUT2D eigenvalue weighted by Crippen LogP contribution is -2.21. The summed E-state index contributed by atoms with van der Waals surface area (Å²) in [4.78, 5) is 2.67. The van der Waals surface area contributed by atoms with Crippen LogP contribution in [0.3, 0.4) is 0 Å². The normalized spacial score (nSPS) is 12.7. The van der Waals surface area contributed by atoms with E-state index in [1.165, 1.54) is 25.4 Å². The van der Waals surface area contributed by atoms with Gasteiger partial charge < -0.3 is 5.32 Å². The Bertz CT molecular complexity index is 578. The summed E-state index contributed by atoms with van der Waals surface area (Å²) in [5.41, 5.74) is 2.56. The van der Waals surface area contributed by atoms with Crippen LogP contribution < -0.4 is 5.32 Å². The summed E-state index contributed by atoms with van der Waals surface area (Å²) in [5, 5.41) is 3.58. The zero-order valence-corrected chi connectivity index (χ0v) is 15.2. The first kappa shape index (κ1) is 15.2. The van der Waals surface area contributed by atoms with E-state index in [0.29, 0.717) is 0 Å². The SMILES string of the molecule is CCNC(c1ccc(C)c(Br)c1)c1sc(C)cc1Br. The molecule has 0 bridgehead atoms. The molecule has 2 aromatic rings. The minimum Gasteiger partial charge on any atom is -0.306 e. The molecular weight excluding hydrogens is 386 g/mol. The lowest BCUT2D eigenvalue weighted by Gasteiger charge is -2.18. The van der Waals surface area contributed by atoms with Gasteiger partial charge in [0.1, 0.15) is 0 Å². The Kier molecular flexibility index (Phi) is 5.23. The second kappa shape index (κ2) is 6.53. The van der Waals surface area contributed by atoms with Crippen LogP contribution in [0.15, 0.2) is 33.2 Å². The number of benzene rings is 1. The lowest BCUT2D eigenvalue weighted by molar-refractivity contribution is 0.637. The Morgan fingerprint density at radius 3 is 2.42 bits per heavy atom. The molecule has 1 atom stereocenters. The van der Waals surface area contributed by atoms with E-state index in [1.807, 2.05) is 11.3 Å². The van der Waals surface area contributed by atoms with Crippen molar-refractivity contribution in [2.45, 2.75) is 26.8 Å². The highest BCUT2D eigenvalue weighted by Gasteiger charge is 2.18. The van der Waals surface area contributed by atoms with E-state index >= 15 is 0 Å². The van der Waals surface area contributed by atoms with Crippen molar-refractivity contribution >= 4 is 43.2 Å². The van der Waals surface area contributed by atoms with E-state index in [0.717, 1.165) is 11.0 Å². The summed E-state index contributed by atoms with van der Waals surface area (Å²) in [6, 6.07) is 9.01. The van der Waals surface area contributed by atoms with Crippen molar-refractivity contribution in [1.82, 2.24) is 5.32 Å². The molecule has 0 saturated carbocycles. The van der Waals surface area contributed by atoms with Gasteiger partial charge in [-0.1, -0.05) is 35.0 Å². The fourth-order valence-electron chi connectivity index (χ4n) is 2.05. The van der Waals surface area contributed by atoms with Crippen LogP contribution in [0.25, 0.3) is 0 Å². The van der Waals surface area contributed by atoms with Gasteiger partial charge in [0.15, 0.2) is 0 Å². The Balaban J connectivity index is 2.44. The van der Waals surface area contributed by atoms with Gasteiger partial charge in [-0.2, -0.15) is 0 Å². The van der Waals surface area contributed by atoms with E-state index in [9.17, 15) is 0 Å². The molecule has 1 nitrogen and oxygen atoms in total. The molecule has 0 spiro atoms. The number of nitrogens with one attached hydrogen (secondary N) is 1. The van der Waals surface area contributed by atoms with E-state index in [-0.39, 0.29) is 6.04 Å². The Hall–Kier alpha value is -0.160. The van der Waals surface area contributed by atoms with Crippen LogP contribution in [0, 0.1) is 13.8 Å². The van der Waals surface area contributed by atoms with Crippen LogP contribution >= 0.6 is 43.2 Å². The molecule has 1 aromatic carbocycles. The first-order valence-corrected chi connectivity index (χ1v) is 8.68. The van der Waals surface area contributed by atoms with E-state index in [2.05, 4.69) is 82.2 Å². The summed E-state index contributed by atoms with van der Waals surface area (Å²) in [5.74, 6) is 0. The molecule has 0 radical (unpaired) electrons. The maximum atomic E-state index is 3.68. The van der Waals surface area contributed by atoms with Crippen LogP contribution in [-0.2, 0) is 0 Å². The van der Waals surface area contributed by atoms with Crippen molar-refractivity contribution in [3.63, 3.8) is 0 Å². The van der Waals surface area contributed by atoms with Crippen LogP contribution in [0.2, 0.25) is 0 Å². The standard InChI is InChI=1S/C15H17Br2NS/c1-4-18-14(15-13(17)7-10(3)19-15)11-6-5-9(2)12(16)8-11/h5-8,14,18H,4H2,1-3H3. The first-order chi connectivity index (χ1) is 9.02. The number of hydrogen-bond donors (Lipinski definition) is 1. The summed E-state index contributed by atoms with van der Waals surface area (Å²) in [6.07, 6.45) is 0. The van der Waals surface area contributed by atoms with Gasteiger partial charge in [-0.3, -0.25) is 0 Å². The number of aryl methyl sites for hydroxylation is 2. The molecule has 4 heteroatoms. The molecule has 102 valence electrons. The maximum Gasteiger partial charge on any atom is 0.0682 e. The molecule has 0 aliphatic carbocycles. The van der Waals surface area contributed by atoms with Crippen molar-refractivity contribution < 1.29 is 0 Å². The van der Waals surface area contributed by atoms with Crippen molar-refractivity contribution in [3.05, 3.63) is 54.1 Å². The summed E-state index contributed by atoms with van der Waals surface area (Å²) >= 11 is 9.14. The highest BCUT2D eigenvalue weighted by Crippen LogP contribution is 2.36. The van der Waals surface area contributed by atoms with Crippen LogP contribution in [0.1, 0.15) is 33.8 Å². The highest BCUT2D eigenvalue weighted by atomic mass is 79.9. The molecule has 0 amide bonds. The highest BCUT2D eigenvalue weighted by molar-refractivity contribution is 9.10. The molecule has 19 heavy (non-hydrogen) atoms. The first-order valence-electron chi connectivity index (χ1n) is 6.28. The molecule has 0 aliphatic rings. The fourth-order valence-corrected chi connectivity index (χ4v) is 4.43. The minimum absolute atomic E-state index is 0.245. The average molecular weight is 403 g/mol. The maximum absolute atomic E-state index is 3.68. The largest absolute Gasteiger partial charge is 0.306 e. The van der Waals surface area contributed by atoms with Gasteiger partial charge >= 0.3 is 0 Å². The molecule has 1 N–H and O–H groups in total. The van der Waals surface area contributed by atoms with Crippen LogP contribution in [-0.4, -0.2) is 6.54 Å². The minimum atomic E-state index is 0.245. The fraction of sp³-hybridized carbons (Fsp3) is 0.333. The van der Waals surface area contributed by atoms with Crippen molar-refractivity contribution in [1.29, 1.82) is 0 Å². The number of hydrogen-bond acceptors (Lipinski definition) is 2. The average Bonchev–Trinajstić information content (AvgIpc) is 2.69. The van der Waals surface area contributed by atoms with Crippen LogP contribution in [0.4, 0.5) is 0 Å².